The number of nitrogens with zero attached hydrogens (tertiary/aromatic N) is 3. The van der Waals surface area contributed by atoms with E-state index in [1.165, 1.54) is 12.3 Å². The van der Waals surface area contributed by atoms with Crippen LogP contribution < -0.4 is 11.1 Å². The number of nitrogens with two attached hydrogens (primary N) is 1. The Labute approximate surface area is 152 Å². The van der Waals surface area contributed by atoms with E-state index in [2.05, 4.69) is 31.3 Å². The molecule has 0 saturated carbocycles. The number of halogens is 2. The van der Waals surface area contributed by atoms with E-state index in [4.69, 9.17) is 5.73 Å². The number of fused-ring (bicyclic) bond motifs is 1. The van der Waals surface area contributed by atoms with Crippen molar-refractivity contribution in [2.45, 2.75) is 19.9 Å². The van der Waals surface area contributed by atoms with Gasteiger partial charge in [-0.15, -0.1) is 0 Å². The number of benzene rings is 1. The first-order valence-electron chi connectivity index (χ1n) is 7.62. The number of carbonyl (C=O) groups excluding carboxylic acids is 1. The number of aryl methyl sites for hydroxylation is 2. The monoisotopic (exact) mass is 405 g/mol. The van der Waals surface area contributed by atoms with Crippen molar-refractivity contribution in [1.29, 1.82) is 0 Å². The zero-order chi connectivity index (χ0) is 18.3. The second-order valence-corrected chi connectivity index (χ2v) is 6.79. The Morgan fingerprint density at radius 1 is 1.44 bits per heavy atom. The lowest BCUT2D eigenvalue weighted by Crippen LogP contribution is -2.17. The number of nitrogens with one attached hydrogen (secondary N) is 1. The van der Waals surface area contributed by atoms with Gasteiger partial charge in [0.15, 0.2) is 0 Å². The Morgan fingerprint density at radius 2 is 2.16 bits per heavy atom. The lowest BCUT2D eigenvalue weighted by Gasteiger charge is -2.18. The number of carbonyl (C=O) groups is 1. The van der Waals surface area contributed by atoms with Crippen molar-refractivity contribution < 1.29 is 9.18 Å². The molecule has 0 saturated heterocycles. The Hall–Kier alpha value is -2.48. The molecule has 25 heavy (non-hydrogen) atoms. The first-order chi connectivity index (χ1) is 11.8. The maximum atomic E-state index is 13.8. The molecule has 0 aliphatic rings. The summed E-state index contributed by atoms with van der Waals surface area (Å²) in [6, 6.07) is 2.71. The molecule has 0 aliphatic heterocycles. The smallest absolute Gasteiger partial charge is 0.252 e. The first kappa shape index (κ1) is 17.3. The third-order valence-electron chi connectivity index (χ3n) is 4.00. The van der Waals surface area contributed by atoms with Crippen LogP contribution in [0.4, 0.5) is 10.1 Å². The third kappa shape index (κ3) is 3.21. The molecule has 130 valence electrons. The average Bonchev–Trinajstić information content (AvgIpc) is 2.87. The van der Waals surface area contributed by atoms with Gasteiger partial charge in [0.2, 0.25) is 0 Å². The molecule has 2 heterocycles. The van der Waals surface area contributed by atoms with Gasteiger partial charge < -0.3 is 11.1 Å². The van der Waals surface area contributed by atoms with Gasteiger partial charge in [-0.05, 0) is 41.4 Å². The zero-order valence-corrected chi connectivity index (χ0v) is 15.6. The molecule has 3 aromatic rings. The molecule has 0 bridgehead atoms. The summed E-state index contributed by atoms with van der Waals surface area (Å²) >= 11 is 3.18. The van der Waals surface area contributed by atoms with Crippen LogP contribution >= 0.6 is 15.9 Å². The summed E-state index contributed by atoms with van der Waals surface area (Å²) in [6.07, 6.45) is 3.28. The van der Waals surface area contributed by atoms with E-state index in [1.54, 1.807) is 10.7 Å². The molecular weight excluding hydrogens is 389 g/mol. The van der Waals surface area contributed by atoms with E-state index in [1.807, 2.05) is 27.1 Å². The van der Waals surface area contributed by atoms with E-state index < -0.39 is 11.7 Å². The van der Waals surface area contributed by atoms with Crippen LogP contribution in [0.1, 0.15) is 34.6 Å². The predicted octanol–water partition coefficient (Wildman–Crippen LogP) is 3.45. The van der Waals surface area contributed by atoms with Crippen molar-refractivity contribution in [2.24, 2.45) is 12.8 Å². The van der Waals surface area contributed by atoms with Crippen LogP contribution in [0, 0.1) is 12.7 Å². The first-order valence-corrected chi connectivity index (χ1v) is 8.41. The van der Waals surface area contributed by atoms with Crippen LogP contribution in [-0.4, -0.2) is 20.7 Å². The van der Waals surface area contributed by atoms with Crippen LogP contribution in [0.25, 0.3) is 10.9 Å². The highest BCUT2D eigenvalue weighted by molar-refractivity contribution is 9.10. The summed E-state index contributed by atoms with van der Waals surface area (Å²) in [4.78, 5) is 16.0. The second kappa shape index (κ2) is 6.44. The molecule has 8 heteroatoms. The van der Waals surface area contributed by atoms with Crippen molar-refractivity contribution in [1.82, 2.24) is 14.8 Å². The number of aromatic nitrogens is 3. The lowest BCUT2D eigenvalue weighted by atomic mass is 10.1. The summed E-state index contributed by atoms with van der Waals surface area (Å²) in [7, 11) is 1.85. The summed E-state index contributed by atoms with van der Waals surface area (Å²) in [6.45, 7) is 3.90. The van der Waals surface area contributed by atoms with Gasteiger partial charge in [-0.3, -0.25) is 14.5 Å². The summed E-state index contributed by atoms with van der Waals surface area (Å²) in [5, 5.41) is 8.34. The Kier molecular flexibility index (Phi) is 4.47. The Morgan fingerprint density at radius 3 is 2.76 bits per heavy atom. The molecule has 6 nitrogen and oxygen atoms in total. The van der Waals surface area contributed by atoms with Crippen LogP contribution in [-0.2, 0) is 7.05 Å². The SMILES string of the molecule is Cc1cn(C)nc1[C@H](C)Nc1c(C(N)=O)cnc2cc(F)c(Br)cc12. The van der Waals surface area contributed by atoms with Gasteiger partial charge in [0.1, 0.15) is 5.82 Å². The van der Waals surface area contributed by atoms with Crippen molar-refractivity contribution in [3.8, 4) is 0 Å². The second-order valence-electron chi connectivity index (χ2n) is 5.93. The van der Waals surface area contributed by atoms with Gasteiger partial charge in [0.05, 0.1) is 33.0 Å². The van der Waals surface area contributed by atoms with Gasteiger partial charge in [0, 0.05) is 30.9 Å². The zero-order valence-electron chi connectivity index (χ0n) is 14.0. The molecule has 0 spiro atoms. The minimum Gasteiger partial charge on any atom is -0.376 e. The standard InChI is InChI=1S/C17H17BrFN5O/c1-8-7-24(3)23-15(8)9(2)22-16-10-4-12(18)13(19)5-14(10)21-6-11(16)17(20)25/h4-7,9H,1-3H3,(H2,20,25)(H,21,22)/t9-/m0/s1. The minimum atomic E-state index is -0.609. The van der Waals surface area contributed by atoms with E-state index >= 15 is 0 Å². The van der Waals surface area contributed by atoms with Crippen LogP contribution in [0.2, 0.25) is 0 Å². The topological polar surface area (TPSA) is 85.8 Å². The number of anilines is 1. The minimum absolute atomic E-state index is 0.186. The number of primary amides is 1. The Balaban J connectivity index is 2.15. The Bertz CT molecular complexity index is 985. The van der Waals surface area contributed by atoms with Crippen LogP contribution in [0.3, 0.4) is 0 Å². The van der Waals surface area contributed by atoms with E-state index in [9.17, 15) is 9.18 Å². The molecular formula is C17H17BrFN5O. The normalized spacial score (nSPS) is 12.4. The molecule has 2 aromatic heterocycles. The summed E-state index contributed by atoms with van der Waals surface area (Å²) in [5.41, 5.74) is 8.55. The molecule has 1 atom stereocenters. The van der Waals surface area contributed by atoms with E-state index in [0.717, 1.165) is 11.3 Å². The highest BCUT2D eigenvalue weighted by atomic mass is 79.9. The molecule has 0 fully saturated rings. The summed E-state index contributed by atoms with van der Waals surface area (Å²) < 4.78 is 15.8. The summed E-state index contributed by atoms with van der Waals surface area (Å²) in [5.74, 6) is -1.03. The van der Waals surface area contributed by atoms with Gasteiger partial charge >= 0.3 is 0 Å². The van der Waals surface area contributed by atoms with Gasteiger partial charge in [-0.2, -0.15) is 5.10 Å². The number of hydrogen-bond acceptors (Lipinski definition) is 4. The van der Waals surface area contributed by atoms with E-state index in [0.29, 0.717) is 16.6 Å². The molecule has 3 N–H and O–H groups in total. The largest absolute Gasteiger partial charge is 0.376 e. The number of amides is 1. The van der Waals surface area contributed by atoms with E-state index in [-0.39, 0.29) is 16.1 Å². The average molecular weight is 406 g/mol. The fraction of sp³-hybridized carbons (Fsp3) is 0.235. The van der Waals surface area contributed by atoms with Crippen molar-refractivity contribution >= 4 is 38.4 Å². The highest BCUT2D eigenvalue weighted by Crippen LogP contribution is 2.32. The molecule has 0 aliphatic carbocycles. The third-order valence-corrected chi connectivity index (χ3v) is 4.60. The number of pyridine rings is 1. The number of hydrogen-bond donors (Lipinski definition) is 2. The molecule has 3 rings (SSSR count). The fourth-order valence-electron chi connectivity index (χ4n) is 2.87. The van der Waals surface area contributed by atoms with Crippen LogP contribution in [0.15, 0.2) is 29.0 Å². The molecule has 0 radical (unpaired) electrons. The molecule has 1 amide bonds. The van der Waals surface area contributed by atoms with Crippen molar-refractivity contribution in [2.75, 3.05) is 5.32 Å². The van der Waals surface area contributed by atoms with Crippen molar-refractivity contribution in [3.63, 3.8) is 0 Å². The lowest BCUT2D eigenvalue weighted by molar-refractivity contribution is 0.100. The highest BCUT2D eigenvalue weighted by Gasteiger charge is 2.19. The number of rotatable bonds is 4. The van der Waals surface area contributed by atoms with Gasteiger partial charge in [0.25, 0.3) is 5.91 Å². The van der Waals surface area contributed by atoms with Gasteiger partial charge in [-0.25, -0.2) is 4.39 Å². The van der Waals surface area contributed by atoms with Crippen LogP contribution in [0.5, 0.6) is 0 Å². The fourth-order valence-corrected chi connectivity index (χ4v) is 3.21. The maximum Gasteiger partial charge on any atom is 0.252 e. The van der Waals surface area contributed by atoms with Crippen molar-refractivity contribution in [3.05, 3.63) is 51.6 Å². The molecule has 1 aromatic carbocycles. The quantitative estimate of drug-likeness (QED) is 0.695. The maximum absolute atomic E-state index is 13.8. The predicted molar refractivity (Wildman–Crippen MR) is 97.9 cm³/mol. The molecule has 0 unspecified atom stereocenters. The van der Waals surface area contributed by atoms with Gasteiger partial charge in [-0.1, -0.05) is 0 Å².